The van der Waals surface area contributed by atoms with Gasteiger partial charge in [-0.25, -0.2) is 4.79 Å². The minimum Gasteiger partial charge on any atom is -0.478 e. The topological polar surface area (TPSA) is 179 Å². The molecule has 2 aliphatic rings. The first-order valence-corrected chi connectivity index (χ1v) is 13.0. The number of halogens is 1. The SMILES string of the molecule is O=C(O)c1ccc([N+](=O)[O-])c2c1N[C@H](c1ccc([N+](=O)[O-])cc1)[C@@H]1C[C@H](Sc3ccccc3[N+](=O)[O-])[C@@H](Cl)[C@@H]21. The number of benzene rings is 3. The maximum Gasteiger partial charge on any atom is 0.337 e. The fraction of sp³-hybridized carbons (Fsp3) is 0.240. The number of nitrogens with zero attached hydrogens (tertiary/aromatic N) is 3. The van der Waals surface area contributed by atoms with Crippen molar-refractivity contribution in [3.8, 4) is 0 Å². The van der Waals surface area contributed by atoms with Crippen LogP contribution in [0.1, 0.15) is 39.9 Å². The molecule has 3 aromatic carbocycles. The lowest BCUT2D eigenvalue weighted by molar-refractivity contribution is -0.387. The Morgan fingerprint density at radius 1 is 0.923 bits per heavy atom. The van der Waals surface area contributed by atoms with Gasteiger partial charge in [-0.2, -0.15) is 0 Å². The van der Waals surface area contributed by atoms with Gasteiger partial charge in [0, 0.05) is 35.4 Å². The first kappa shape index (κ1) is 26.4. The summed E-state index contributed by atoms with van der Waals surface area (Å²) in [6.07, 6.45) is 0.387. The van der Waals surface area contributed by atoms with E-state index in [4.69, 9.17) is 11.6 Å². The molecule has 200 valence electrons. The zero-order valence-electron chi connectivity index (χ0n) is 19.8. The smallest absolute Gasteiger partial charge is 0.337 e. The lowest BCUT2D eigenvalue weighted by atomic mass is 9.75. The maximum absolute atomic E-state index is 12.1. The summed E-state index contributed by atoms with van der Waals surface area (Å²) >= 11 is 8.22. The Labute approximate surface area is 229 Å². The summed E-state index contributed by atoms with van der Waals surface area (Å²) in [6, 6.07) is 13.7. The number of nitrogens with one attached hydrogen (secondary N) is 1. The summed E-state index contributed by atoms with van der Waals surface area (Å²) in [5.74, 6) is -2.35. The molecular formula is C25H19ClN4O8S. The summed E-state index contributed by atoms with van der Waals surface area (Å²) in [4.78, 5) is 45.7. The van der Waals surface area contributed by atoms with Gasteiger partial charge in [0.05, 0.1) is 47.9 Å². The summed E-state index contributed by atoms with van der Waals surface area (Å²) in [7, 11) is 0. The molecule has 2 N–H and O–H groups in total. The van der Waals surface area contributed by atoms with Gasteiger partial charge in [-0.05, 0) is 30.0 Å². The van der Waals surface area contributed by atoms with Gasteiger partial charge in [0.25, 0.3) is 17.1 Å². The average molecular weight is 571 g/mol. The molecule has 0 radical (unpaired) electrons. The van der Waals surface area contributed by atoms with Crippen LogP contribution in [0.4, 0.5) is 22.7 Å². The molecule has 14 heteroatoms. The highest BCUT2D eigenvalue weighted by atomic mass is 35.5. The van der Waals surface area contributed by atoms with Crippen molar-refractivity contribution < 1.29 is 24.7 Å². The second-order valence-corrected chi connectivity index (χ2v) is 11.0. The molecule has 1 heterocycles. The number of alkyl halides is 1. The van der Waals surface area contributed by atoms with Gasteiger partial charge in [0.1, 0.15) is 0 Å². The van der Waals surface area contributed by atoms with Crippen molar-refractivity contribution in [3.05, 3.63) is 108 Å². The van der Waals surface area contributed by atoms with Crippen molar-refractivity contribution >= 4 is 52.1 Å². The number of para-hydroxylation sites is 1. The van der Waals surface area contributed by atoms with Gasteiger partial charge >= 0.3 is 5.97 Å². The van der Waals surface area contributed by atoms with Gasteiger partial charge < -0.3 is 10.4 Å². The van der Waals surface area contributed by atoms with Crippen molar-refractivity contribution in [1.29, 1.82) is 0 Å². The summed E-state index contributed by atoms with van der Waals surface area (Å²) in [5.41, 5.74) is 0.202. The fourth-order valence-corrected chi connectivity index (χ4v) is 7.48. The molecule has 5 rings (SSSR count). The van der Waals surface area contributed by atoms with E-state index in [1.807, 2.05) is 0 Å². The molecule has 5 atom stereocenters. The molecular weight excluding hydrogens is 552 g/mol. The molecule has 12 nitrogen and oxygen atoms in total. The number of thioether (sulfide) groups is 1. The number of hydrogen-bond donors (Lipinski definition) is 2. The van der Waals surface area contributed by atoms with Crippen LogP contribution in [0.15, 0.2) is 65.6 Å². The van der Waals surface area contributed by atoms with Gasteiger partial charge in [0.2, 0.25) is 0 Å². The first-order valence-electron chi connectivity index (χ1n) is 11.7. The zero-order valence-corrected chi connectivity index (χ0v) is 21.4. The number of fused-ring (bicyclic) bond motifs is 3. The fourth-order valence-electron chi connectivity index (χ4n) is 5.55. The molecule has 0 amide bonds. The van der Waals surface area contributed by atoms with Crippen molar-refractivity contribution in [2.24, 2.45) is 5.92 Å². The Bertz CT molecular complexity index is 1520. The highest BCUT2D eigenvalue weighted by Crippen LogP contribution is 2.60. The van der Waals surface area contributed by atoms with E-state index in [1.54, 1.807) is 30.3 Å². The second kappa shape index (κ2) is 10.2. The Balaban J connectivity index is 1.65. The third-order valence-electron chi connectivity index (χ3n) is 7.18. The first-order chi connectivity index (χ1) is 18.6. The number of anilines is 1. The van der Waals surface area contributed by atoms with Crippen LogP contribution in [0.3, 0.4) is 0 Å². The molecule has 1 aliphatic heterocycles. The number of nitro benzene ring substituents is 3. The Morgan fingerprint density at radius 3 is 2.21 bits per heavy atom. The highest BCUT2D eigenvalue weighted by molar-refractivity contribution is 8.00. The van der Waals surface area contributed by atoms with E-state index in [0.717, 1.165) is 12.1 Å². The molecule has 0 saturated heterocycles. The molecule has 0 aromatic heterocycles. The van der Waals surface area contributed by atoms with Crippen LogP contribution in [0, 0.1) is 36.3 Å². The number of carboxylic acids is 1. The highest BCUT2D eigenvalue weighted by Gasteiger charge is 2.53. The van der Waals surface area contributed by atoms with E-state index >= 15 is 0 Å². The van der Waals surface area contributed by atoms with Gasteiger partial charge in [-0.15, -0.1) is 23.4 Å². The normalized spacial score (nSPS) is 23.3. The summed E-state index contributed by atoms with van der Waals surface area (Å²) in [6.45, 7) is 0. The number of aromatic carboxylic acids is 1. The third-order valence-corrected chi connectivity index (χ3v) is 9.29. The van der Waals surface area contributed by atoms with Crippen LogP contribution in [0.5, 0.6) is 0 Å². The van der Waals surface area contributed by atoms with E-state index in [-0.39, 0.29) is 39.8 Å². The molecule has 3 aromatic rings. The number of rotatable bonds is 7. The Hall–Kier alpha value is -4.23. The predicted octanol–water partition coefficient (Wildman–Crippen LogP) is 6.15. The molecule has 0 spiro atoms. The second-order valence-electron chi connectivity index (χ2n) is 9.20. The maximum atomic E-state index is 12.1. The van der Waals surface area contributed by atoms with E-state index in [2.05, 4.69) is 5.32 Å². The standard InChI is InChI=1S/C25H19ClN4O8S/c26-22-19(39-18-4-2-1-3-16(18)29(35)36)11-15-20(22)21-17(30(37)38)10-9-14(25(31)32)24(21)27-23(15)12-5-7-13(8-6-12)28(33)34/h1-10,15,19-20,22-23,27H,11H2,(H,31,32)/t15-,19+,20-,22-,23-/m1/s1. The number of non-ortho nitro benzene ring substituents is 1. The monoisotopic (exact) mass is 570 g/mol. The van der Waals surface area contributed by atoms with Crippen LogP contribution < -0.4 is 5.32 Å². The van der Waals surface area contributed by atoms with Crippen LogP contribution in [0.25, 0.3) is 0 Å². The quantitative estimate of drug-likeness (QED) is 0.190. The predicted molar refractivity (Wildman–Crippen MR) is 143 cm³/mol. The van der Waals surface area contributed by atoms with Gasteiger partial charge in [0.15, 0.2) is 0 Å². The van der Waals surface area contributed by atoms with Gasteiger partial charge in [-0.3, -0.25) is 30.3 Å². The van der Waals surface area contributed by atoms with E-state index in [9.17, 15) is 40.2 Å². The number of nitro groups is 3. The van der Waals surface area contributed by atoms with E-state index in [0.29, 0.717) is 16.9 Å². The molecule has 0 bridgehead atoms. The van der Waals surface area contributed by atoms with Crippen LogP contribution in [0.2, 0.25) is 0 Å². The Morgan fingerprint density at radius 2 is 1.59 bits per heavy atom. The number of hydrogen-bond acceptors (Lipinski definition) is 9. The van der Waals surface area contributed by atoms with Crippen LogP contribution in [-0.2, 0) is 0 Å². The van der Waals surface area contributed by atoms with E-state index < -0.39 is 43.3 Å². The molecule has 1 saturated carbocycles. The minimum absolute atomic E-state index is 0.0725. The minimum atomic E-state index is -1.29. The van der Waals surface area contributed by atoms with Gasteiger partial charge in [-0.1, -0.05) is 24.3 Å². The third kappa shape index (κ3) is 4.63. The largest absolute Gasteiger partial charge is 0.478 e. The van der Waals surface area contributed by atoms with Crippen molar-refractivity contribution in [1.82, 2.24) is 0 Å². The van der Waals surface area contributed by atoms with E-state index in [1.165, 1.54) is 30.0 Å². The summed E-state index contributed by atoms with van der Waals surface area (Å²) < 4.78 is 0. The lowest BCUT2D eigenvalue weighted by Crippen LogP contribution is -2.33. The number of carbonyl (C=O) groups is 1. The Kier molecular flexibility index (Phi) is 6.87. The van der Waals surface area contributed by atoms with Crippen molar-refractivity contribution in [3.63, 3.8) is 0 Å². The van der Waals surface area contributed by atoms with Crippen molar-refractivity contribution in [2.45, 2.75) is 33.9 Å². The average Bonchev–Trinajstić information content (AvgIpc) is 3.23. The molecule has 1 fully saturated rings. The molecule has 0 unspecified atom stereocenters. The summed E-state index contributed by atoms with van der Waals surface area (Å²) in [5, 5.41) is 46.7. The zero-order chi connectivity index (χ0) is 28.0. The van der Waals surface area contributed by atoms with Crippen LogP contribution >= 0.6 is 23.4 Å². The number of carboxylic acid groups (broad SMARTS) is 1. The van der Waals surface area contributed by atoms with Crippen LogP contribution in [-0.4, -0.2) is 36.5 Å². The van der Waals surface area contributed by atoms with Crippen molar-refractivity contribution in [2.75, 3.05) is 5.32 Å². The molecule has 1 aliphatic carbocycles. The molecule has 39 heavy (non-hydrogen) atoms. The lowest BCUT2D eigenvalue weighted by Gasteiger charge is -2.38.